The highest BCUT2D eigenvalue weighted by molar-refractivity contribution is 7.90. The Balaban J connectivity index is 1.82. The van der Waals surface area contributed by atoms with Gasteiger partial charge in [-0.1, -0.05) is 49.3 Å². The molecule has 0 saturated carbocycles. The molecule has 1 aromatic heterocycles. The van der Waals surface area contributed by atoms with Crippen LogP contribution in [0, 0.1) is 0 Å². The summed E-state index contributed by atoms with van der Waals surface area (Å²) in [5.41, 5.74) is 1.80. The molecule has 0 amide bonds. The molecule has 0 atom stereocenters. The van der Waals surface area contributed by atoms with E-state index in [1.54, 1.807) is 0 Å². The zero-order chi connectivity index (χ0) is 21.8. The van der Waals surface area contributed by atoms with Crippen LogP contribution in [0.1, 0.15) is 63.0 Å². The van der Waals surface area contributed by atoms with E-state index in [1.165, 1.54) is 0 Å². The van der Waals surface area contributed by atoms with Gasteiger partial charge in [-0.2, -0.15) is 0 Å². The summed E-state index contributed by atoms with van der Waals surface area (Å²) in [5.74, 6) is 1.98. The van der Waals surface area contributed by atoms with E-state index >= 15 is 0 Å². The number of hydrogen-bond acceptors (Lipinski definition) is 5. The van der Waals surface area contributed by atoms with Gasteiger partial charge in [0.15, 0.2) is 21.6 Å². The van der Waals surface area contributed by atoms with E-state index in [0.717, 1.165) is 29.9 Å². The van der Waals surface area contributed by atoms with Crippen molar-refractivity contribution < 1.29 is 12.9 Å². The lowest BCUT2D eigenvalue weighted by Gasteiger charge is -2.11. The van der Waals surface area contributed by atoms with E-state index < -0.39 is 9.84 Å². The van der Waals surface area contributed by atoms with Crippen molar-refractivity contribution in [3.63, 3.8) is 0 Å². The molecule has 0 saturated heterocycles. The standard InChI is InChI=1S/C22H34N4O3S/c1-4-19(5-2)21-15-20(29-26-21)16-25-22(23-6-3)24-13-10-14-30(27,28)17-18-11-8-7-9-12-18/h7-9,11-12,15,19H,4-6,10,13-14,16-17H2,1-3H3,(H2,23,24,25). The molecular weight excluding hydrogens is 400 g/mol. The Hall–Kier alpha value is -2.35. The van der Waals surface area contributed by atoms with Crippen molar-refractivity contribution in [2.45, 2.75) is 58.2 Å². The highest BCUT2D eigenvalue weighted by atomic mass is 32.2. The number of rotatable bonds is 12. The number of aliphatic imine (C=N–C) groups is 1. The van der Waals surface area contributed by atoms with E-state index in [1.807, 2.05) is 43.3 Å². The largest absolute Gasteiger partial charge is 0.359 e. The molecule has 7 nitrogen and oxygen atoms in total. The predicted octanol–water partition coefficient (Wildman–Crippen LogP) is 3.64. The average Bonchev–Trinajstić information content (AvgIpc) is 3.19. The van der Waals surface area contributed by atoms with Crippen LogP contribution in [0.15, 0.2) is 45.9 Å². The first kappa shape index (κ1) is 23.9. The van der Waals surface area contributed by atoms with Crippen molar-refractivity contribution in [1.29, 1.82) is 0 Å². The van der Waals surface area contributed by atoms with Crippen molar-refractivity contribution in [1.82, 2.24) is 15.8 Å². The normalized spacial score (nSPS) is 12.3. The van der Waals surface area contributed by atoms with Gasteiger partial charge in [0.05, 0.1) is 17.2 Å². The van der Waals surface area contributed by atoms with Gasteiger partial charge < -0.3 is 15.2 Å². The molecule has 1 aromatic carbocycles. The number of benzene rings is 1. The molecule has 0 bridgehead atoms. The number of nitrogens with zero attached hydrogens (tertiary/aromatic N) is 2. The Morgan fingerprint density at radius 3 is 2.53 bits per heavy atom. The van der Waals surface area contributed by atoms with Gasteiger partial charge in [0, 0.05) is 25.1 Å². The second-order valence-electron chi connectivity index (χ2n) is 7.28. The van der Waals surface area contributed by atoms with Crippen molar-refractivity contribution in [2.75, 3.05) is 18.8 Å². The first-order valence-electron chi connectivity index (χ1n) is 10.7. The van der Waals surface area contributed by atoms with Crippen LogP contribution in [-0.2, 0) is 22.1 Å². The second-order valence-corrected chi connectivity index (χ2v) is 9.47. The van der Waals surface area contributed by atoms with Crippen LogP contribution in [-0.4, -0.2) is 38.4 Å². The molecule has 1 heterocycles. The molecule has 8 heteroatoms. The van der Waals surface area contributed by atoms with Gasteiger partial charge in [-0.3, -0.25) is 0 Å². The summed E-state index contributed by atoms with van der Waals surface area (Å²) in [4.78, 5) is 4.52. The summed E-state index contributed by atoms with van der Waals surface area (Å²) in [6, 6.07) is 11.2. The first-order chi connectivity index (χ1) is 14.5. The van der Waals surface area contributed by atoms with E-state index in [0.29, 0.717) is 37.9 Å². The van der Waals surface area contributed by atoms with E-state index in [9.17, 15) is 8.42 Å². The number of hydrogen-bond donors (Lipinski definition) is 2. The molecule has 2 aromatic rings. The van der Waals surface area contributed by atoms with E-state index in [4.69, 9.17) is 4.52 Å². The Labute approximate surface area is 180 Å². The minimum Gasteiger partial charge on any atom is -0.359 e. The molecule has 0 aliphatic carbocycles. The van der Waals surface area contributed by atoms with Gasteiger partial charge in [0.1, 0.15) is 6.54 Å². The van der Waals surface area contributed by atoms with Gasteiger partial charge in [0.25, 0.3) is 0 Å². The van der Waals surface area contributed by atoms with Crippen molar-refractivity contribution in [3.8, 4) is 0 Å². The summed E-state index contributed by atoms with van der Waals surface area (Å²) >= 11 is 0. The Morgan fingerprint density at radius 2 is 1.87 bits per heavy atom. The lowest BCUT2D eigenvalue weighted by Crippen LogP contribution is -2.38. The molecular formula is C22H34N4O3S. The van der Waals surface area contributed by atoms with Gasteiger partial charge in [-0.05, 0) is 31.7 Å². The van der Waals surface area contributed by atoms with Gasteiger partial charge in [-0.25, -0.2) is 13.4 Å². The summed E-state index contributed by atoms with van der Waals surface area (Å²) in [5, 5.41) is 10.5. The highest BCUT2D eigenvalue weighted by Crippen LogP contribution is 2.22. The number of aromatic nitrogens is 1. The maximum atomic E-state index is 12.3. The number of sulfone groups is 1. The van der Waals surface area contributed by atoms with Crippen LogP contribution in [0.2, 0.25) is 0 Å². The highest BCUT2D eigenvalue weighted by Gasteiger charge is 2.13. The fourth-order valence-corrected chi connectivity index (χ4v) is 4.63. The minimum absolute atomic E-state index is 0.0757. The Bertz CT molecular complexity index is 875. The monoisotopic (exact) mass is 434 g/mol. The topological polar surface area (TPSA) is 96.6 Å². The zero-order valence-corrected chi connectivity index (χ0v) is 19.0. The molecule has 0 aliphatic rings. The average molecular weight is 435 g/mol. The first-order valence-corrected chi connectivity index (χ1v) is 12.5. The molecule has 0 fully saturated rings. The predicted molar refractivity (Wildman–Crippen MR) is 121 cm³/mol. The van der Waals surface area contributed by atoms with Crippen molar-refractivity contribution >= 4 is 15.8 Å². The van der Waals surface area contributed by atoms with Crippen molar-refractivity contribution in [2.24, 2.45) is 4.99 Å². The maximum absolute atomic E-state index is 12.3. The van der Waals surface area contributed by atoms with Crippen LogP contribution in [0.5, 0.6) is 0 Å². The summed E-state index contributed by atoms with van der Waals surface area (Å²) < 4.78 is 30.0. The molecule has 2 N–H and O–H groups in total. The minimum atomic E-state index is -3.13. The van der Waals surface area contributed by atoms with Gasteiger partial charge >= 0.3 is 0 Å². The molecule has 166 valence electrons. The third kappa shape index (κ3) is 8.18. The third-order valence-electron chi connectivity index (χ3n) is 4.87. The number of guanidine groups is 1. The molecule has 0 spiro atoms. The van der Waals surface area contributed by atoms with E-state index in [2.05, 4.69) is 34.6 Å². The fraction of sp³-hybridized carbons (Fsp3) is 0.545. The van der Waals surface area contributed by atoms with Crippen LogP contribution in [0.4, 0.5) is 0 Å². The fourth-order valence-electron chi connectivity index (χ4n) is 3.20. The van der Waals surface area contributed by atoms with Crippen LogP contribution < -0.4 is 10.6 Å². The quantitative estimate of drug-likeness (QED) is 0.301. The molecule has 0 radical (unpaired) electrons. The van der Waals surface area contributed by atoms with E-state index in [-0.39, 0.29) is 11.5 Å². The van der Waals surface area contributed by atoms with Crippen LogP contribution in [0.3, 0.4) is 0 Å². The Kier molecular flexibility index (Phi) is 9.86. The molecule has 0 aliphatic heterocycles. The third-order valence-corrected chi connectivity index (χ3v) is 6.56. The Morgan fingerprint density at radius 1 is 1.13 bits per heavy atom. The summed E-state index contributed by atoms with van der Waals surface area (Å²) in [7, 11) is -3.13. The smallest absolute Gasteiger partial charge is 0.191 e. The van der Waals surface area contributed by atoms with Crippen molar-refractivity contribution in [3.05, 3.63) is 53.4 Å². The summed E-state index contributed by atoms with van der Waals surface area (Å²) in [6.45, 7) is 7.90. The second kappa shape index (κ2) is 12.4. The van der Waals surface area contributed by atoms with Gasteiger partial charge in [0.2, 0.25) is 0 Å². The SMILES string of the molecule is CCNC(=NCc1cc(C(CC)CC)no1)NCCCS(=O)(=O)Cc1ccccc1. The van der Waals surface area contributed by atoms with Crippen LogP contribution in [0.25, 0.3) is 0 Å². The van der Waals surface area contributed by atoms with Crippen LogP contribution >= 0.6 is 0 Å². The lowest BCUT2D eigenvalue weighted by molar-refractivity contribution is 0.372. The van der Waals surface area contributed by atoms with Gasteiger partial charge in [-0.15, -0.1) is 0 Å². The summed E-state index contributed by atoms with van der Waals surface area (Å²) in [6.07, 6.45) is 2.58. The molecule has 30 heavy (non-hydrogen) atoms. The maximum Gasteiger partial charge on any atom is 0.191 e. The lowest BCUT2D eigenvalue weighted by atomic mass is 9.99. The number of nitrogens with one attached hydrogen (secondary N) is 2. The molecule has 2 rings (SSSR count). The molecule has 0 unspecified atom stereocenters. The zero-order valence-electron chi connectivity index (χ0n) is 18.2.